The van der Waals surface area contributed by atoms with E-state index < -0.39 is 10.0 Å². The Labute approximate surface area is 119 Å². The van der Waals surface area contributed by atoms with E-state index in [0.29, 0.717) is 24.3 Å². The standard InChI is InChI=1S/C14H18N2O3S/c1-11(2)10-14(17)15-12-4-6-13(7-5-12)16-8-3-9-20(16,18)19/h4-7,10H,3,8-9H2,1-2H3,(H,15,17). The average molecular weight is 294 g/mol. The summed E-state index contributed by atoms with van der Waals surface area (Å²) in [5.41, 5.74) is 2.21. The van der Waals surface area contributed by atoms with Crippen LogP contribution in [-0.2, 0) is 14.8 Å². The second kappa shape index (κ2) is 5.66. The number of nitrogens with zero attached hydrogens (tertiary/aromatic N) is 1. The minimum Gasteiger partial charge on any atom is -0.323 e. The third-order valence-corrected chi connectivity index (χ3v) is 4.81. The molecule has 1 fully saturated rings. The average Bonchev–Trinajstić information content (AvgIpc) is 2.69. The summed E-state index contributed by atoms with van der Waals surface area (Å²) < 4.78 is 25.0. The molecule has 1 aliphatic rings. The molecule has 20 heavy (non-hydrogen) atoms. The Hall–Kier alpha value is -1.82. The molecule has 0 radical (unpaired) electrons. The van der Waals surface area contributed by atoms with Crippen LogP contribution in [0.1, 0.15) is 20.3 Å². The highest BCUT2D eigenvalue weighted by Crippen LogP contribution is 2.25. The lowest BCUT2D eigenvalue weighted by Crippen LogP contribution is -2.24. The molecule has 0 saturated carbocycles. The second-order valence-corrected chi connectivity index (χ2v) is 7.01. The largest absolute Gasteiger partial charge is 0.323 e. The van der Waals surface area contributed by atoms with Crippen LogP contribution in [0.15, 0.2) is 35.9 Å². The number of amides is 1. The Bertz CT molecular complexity index is 629. The van der Waals surface area contributed by atoms with Gasteiger partial charge in [0.1, 0.15) is 0 Å². The Morgan fingerprint density at radius 3 is 2.40 bits per heavy atom. The number of carbonyl (C=O) groups is 1. The third kappa shape index (κ3) is 3.39. The van der Waals surface area contributed by atoms with Gasteiger partial charge in [-0.1, -0.05) is 5.57 Å². The number of hydrogen-bond donors (Lipinski definition) is 1. The fourth-order valence-electron chi connectivity index (χ4n) is 2.08. The van der Waals surface area contributed by atoms with Crippen molar-refractivity contribution >= 4 is 27.3 Å². The molecule has 5 nitrogen and oxygen atoms in total. The zero-order valence-electron chi connectivity index (χ0n) is 11.6. The topological polar surface area (TPSA) is 66.5 Å². The molecule has 1 saturated heterocycles. The summed E-state index contributed by atoms with van der Waals surface area (Å²) in [5.74, 6) is 0.0121. The van der Waals surface area contributed by atoms with E-state index >= 15 is 0 Å². The summed E-state index contributed by atoms with van der Waals surface area (Å²) in [6.45, 7) is 4.22. The Balaban J connectivity index is 2.11. The number of hydrogen-bond acceptors (Lipinski definition) is 3. The Morgan fingerprint density at radius 2 is 1.90 bits per heavy atom. The predicted octanol–water partition coefficient (Wildman–Crippen LogP) is 2.13. The van der Waals surface area contributed by atoms with Crippen molar-refractivity contribution in [1.82, 2.24) is 0 Å². The predicted molar refractivity (Wildman–Crippen MR) is 80.3 cm³/mol. The van der Waals surface area contributed by atoms with Crippen molar-refractivity contribution in [1.29, 1.82) is 0 Å². The first kappa shape index (κ1) is 14.6. The molecule has 1 aromatic rings. The van der Waals surface area contributed by atoms with Gasteiger partial charge >= 0.3 is 0 Å². The molecule has 0 spiro atoms. The van der Waals surface area contributed by atoms with Gasteiger partial charge in [0.15, 0.2) is 0 Å². The van der Waals surface area contributed by atoms with E-state index in [4.69, 9.17) is 0 Å². The molecular weight excluding hydrogens is 276 g/mol. The van der Waals surface area contributed by atoms with Crippen LogP contribution < -0.4 is 9.62 Å². The normalized spacial score (nSPS) is 16.8. The number of carbonyl (C=O) groups excluding carboxylic acids is 1. The molecule has 1 N–H and O–H groups in total. The van der Waals surface area contributed by atoms with Crippen LogP contribution in [0.5, 0.6) is 0 Å². The molecule has 0 atom stereocenters. The Morgan fingerprint density at radius 1 is 1.25 bits per heavy atom. The molecule has 108 valence electrons. The second-order valence-electron chi connectivity index (χ2n) is 5.00. The molecule has 1 amide bonds. The van der Waals surface area contributed by atoms with Crippen molar-refractivity contribution in [3.05, 3.63) is 35.9 Å². The molecule has 1 heterocycles. The van der Waals surface area contributed by atoms with Crippen molar-refractivity contribution in [3.8, 4) is 0 Å². The maximum Gasteiger partial charge on any atom is 0.248 e. The van der Waals surface area contributed by atoms with Crippen LogP contribution in [0.3, 0.4) is 0 Å². The Kier molecular flexibility index (Phi) is 4.13. The molecule has 0 aromatic heterocycles. The molecular formula is C14H18N2O3S. The van der Waals surface area contributed by atoms with Crippen molar-refractivity contribution in [2.24, 2.45) is 0 Å². The minimum atomic E-state index is -3.16. The number of rotatable bonds is 3. The summed E-state index contributed by atoms with van der Waals surface area (Å²) in [6.07, 6.45) is 2.17. The van der Waals surface area contributed by atoms with Crippen molar-refractivity contribution in [2.75, 3.05) is 21.9 Å². The van der Waals surface area contributed by atoms with Crippen molar-refractivity contribution < 1.29 is 13.2 Å². The maximum absolute atomic E-state index is 11.8. The SMILES string of the molecule is CC(C)=CC(=O)Nc1ccc(N2CCCS2(=O)=O)cc1. The van der Waals surface area contributed by atoms with Gasteiger partial charge in [-0.15, -0.1) is 0 Å². The molecule has 1 aliphatic heterocycles. The van der Waals surface area contributed by atoms with E-state index in [2.05, 4.69) is 5.32 Å². The molecule has 1 aromatic carbocycles. The highest BCUT2D eigenvalue weighted by molar-refractivity contribution is 7.93. The lowest BCUT2D eigenvalue weighted by atomic mass is 10.2. The van der Waals surface area contributed by atoms with Gasteiger partial charge < -0.3 is 5.32 Å². The lowest BCUT2D eigenvalue weighted by molar-refractivity contribution is -0.111. The van der Waals surface area contributed by atoms with Gasteiger partial charge in [0.2, 0.25) is 15.9 Å². The summed E-state index contributed by atoms with van der Waals surface area (Å²) in [5, 5.41) is 2.73. The van der Waals surface area contributed by atoms with E-state index in [-0.39, 0.29) is 11.7 Å². The van der Waals surface area contributed by atoms with Gasteiger partial charge in [0.05, 0.1) is 11.4 Å². The van der Waals surface area contributed by atoms with Crippen LogP contribution in [0, 0.1) is 0 Å². The van der Waals surface area contributed by atoms with Gasteiger partial charge in [-0.2, -0.15) is 0 Å². The van der Waals surface area contributed by atoms with E-state index in [9.17, 15) is 13.2 Å². The minimum absolute atomic E-state index is 0.188. The van der Waals surface area contributed by atoms with Gasteiger partial charge in [-0.05, 0) is 44.5 Å². The summed E-state index contributed by atoms with van der Waals surface area (Å²) >= 11 is 0. The maximum atomic E-state index is 11.8. The summed E-state index contributed by atoms with van der Waals surface area (Å²) in [4.78, 5) is 11.6. The highest BCUT2D eigenvalue weighted by atomic mass is 32.2. The van der Waals surface area contributed by atoms with Gasteiger partial charge in [-0.25, -0.2) is 8.42 Å². The fraction of sp³-hybridized carbons (Fsp3) is 0.357. The number of nitrogens with one attached hydrogen (secondary N) is 1. The van der Waals surface area contributed by atoms with E-state index in [1.165, 1.54) is 10.4 Å². The fourth-order valence-corrected chi connectivity index (χ4v) is 3.65. The van der Waals surface area contributed by atoms with E-state index in [0.717, 1.165) is 5.57 Å². The summed E-state index contributed by atoms with van der Waals surface area (Å²) in [6, 6.07) is 6.84. The van der Waals surface area contributed by atoms with E-state index in [1.807, 2.05) is 13.8 Å². The third-order valence-electron chi connectivity index (χ3n) is 2.94. The first-order valence-electron chi connectivity index (χ1n) is 6.45. The first-order chi connectivity index (χ1) is 9.38. The highest BCUT2D eigenvalue weighted by Gasteiger charge is 2.28. The molecule has 2 rings (SSSR count). The van der Waals surface area contributed by atoms with Crippen molar-refractivity contribution in [3.63, 3.8) is 0 Å². The van der Waals surface area contributed by atoms with E-state index in [1.54, 1.807) is 24.3 Å². The van der Waals surface area contributed by atoms with Gasteiger partial charge in [0, 0.05) is 18.3 Å². The van der Waals surface area contributed by atoms with Crippen LogP contribution in [0.4, 0.5) is 11.4 Å². The number of anilines is 2. The van der Waals surface area contributed by atoms with Gasteiger partial charge in [-0.3, -0.25) is 9.10 Å². The molecule has 0 unspecified atom stereocenters. The smallest absolute Gasteiger partial charge is 0.248 e. The van der Waals surface area contributed by atoms with Crippen LogP contribution in [0.25, 0.3) is 0 Å². The first-order valence-corrected chi connectivity index (χ1v) is 8.06. The van der Waals surface area contributed by atoms with Gasteiger partial charge in [0.25, 0.3) is 0 Å². The number of benzene rings is 1. The number of sulfonamides is 1. The lowest BCUT2D eigenvalue weighted by Gasteiger charge is -2.17. The van der Waals surface area contributed by atoms with Crippen LogP contribution >= 0.6 is 0 Å². The zero-order valence-corrected chi connectivity index (χ0v) is 12.4. The molecule has 6 heteroatoms. The summed E-state index contributed by atoms with van der Waals surface area (Å²) in [7, 11) is -3.16. The quantitative estimate of drug-likeness (QED) is 0.868. The van der Waals surface area contributed by atoms with Crippen LogP contribution in [0.2, 0.25) is 0 Å². The number of allylic oxidation sites excluding steroid dienone is 1. The van der Waals surface area contributed by atoms with Crippen LogP contribution in [-0.4, -0.2) is 26.6 Å². The monoisotopic (exact) mass is 294 g/mol. The zero-order chi connectivity index (χ0) is 14.8. The molecule has 0 aliphatic carbocycles. The van der Waals surface area contributed by atoms with Crippen molar-refractivity contribution in [2.45, 2.75) is 20.3 Å². The molecule has 0 bridgehead atoms.